The zero-order valence-corrected chi connectivity index (χ0v) is 60.8. The molecule has 5 aromatic rings. The van der Waals surface area contributed by atoms with Crippen LogP contribution in [-0.2, 0) is 56.9 Å². The number of hydrogen-bond acceptors (Lipinski definition) is 14. The maximum atomic E-state index is 14.2. The fourth-order valence-electron chi connectivity index (χ4n) is 15.7. The number of carboxylic acid groups (broad SMARTS) is 1. The van der Waals surface area contributed by atoms with Gasteiger partial charge in [0, 0.05) is 51.8 Å². The number of para-hydroxylation sites is 2. The number of rotatable bonds is 16. The van der Waals surface area contributed by atoms with E-state index in [-0.39, 0.29) is 62.6 Å². The van der Waals surface area contributed by atoms with Crippen molar-refractivity contribution in [1.29, 1.82) is 0 Å². The number of amides is 2. The van der Waals surface area contributed by atoms with Crippen LogP contribution in [0.2, 0.25) is 0 Å². The van der Waals surface area contributed by atoms with Crippen molar-refractivity contribution in [2.75, 3.05) is 32.7 Å². The average molecular weight is 1430 g/mol. The van der Waals surface area contributed by atoms with Crippen molar-refractivity contribution in [3.63, 3.8) is 0 Å². The molecule has 0 spiro atoms. The number of hydrogen-bond donors (Lipinski definition) is 3. The summed E-state index contributed by atoms with van der Waals surface area (Å²) in [5.74, 6) is 0.766. The number of alkyl halides is 6. The van der Waals surface area contributed by atoms with Gasteiger partial charge in [-0.3, -0.25) is 29.1 Å². The number of nitrogens with one attached hydrogen (secondary N) is 1. The van der Waals surface area contributed by atoms with Crippen LogP contribution in [0.4, 0.5) is 35.9 Å². The first-order valence-corrected chi connectivity index (χ1v) is 35.8. The first-order valence-electron chi connectivity index (χ1n) is 35.8. The zero-order valence-electron chi connectivity index (χ0n) is 60.8. The monoisotopic (exact) mass is 1430 g/mol. The number of aromatic nitrogens is 2. The van der Waals surface area contributed by atoms with Crippen LogP contribution in [0.25, 0.3) is 21.8 Å². The van der Waals surface area contributed by atoms with Crippen LogP contribution in [0.5, 0.6) is 5.75 Å². The van der Waals surface area contributed by atoms with Crippen molar-refractivity contribution in [3.05, 3.63) is 111 Å². The number of carbonyl (C=O) groups excluding carboxylic acids is 5. The van der Waals surface area contributed by atoms with Gasteiger partial charge >= 0.3 is 48.4 Å². The quantitative estimate of drug-likeness (QED) is 0.0275. The Balaban J connectivity index is 0.000000256. The molecule has 18 nitrogen and oxygen atoms in total. The minimum atomic E-state index is -4.69. The third kappa shape index (κ3) is 19.0. The van der Waals surface area contributed by atoms with Gasteiger partial charge in [0.25, 0.3) is 0 Å². The second-order valence-corrected chi connectivity index (χ2v) is 29.9. The van der Waals surface area contributed by atoms with E-state index >= 15 is 0 Å². The summed E-state index contributed by atoms with van der Waals surface area (Å²) in [6.45, 7) is 26.7. The molecule has 2 aromatic heterocycles. The molecule has 3 N–H and O–H groups in total. The molecule has 2 amide bonds. The van der Waals surface area contributed by atoms with E-state index in [1.54, 1.807) is 71.6 Å². The molecular formula is C78H100F6N5O13+. The number of carbonyl (C=O) groups is 6. The SMILES string of the molecule is C#C[C@]1(O)CC[C@H]2[C@@H]3CCc4cc(OC(=O)CCC(=O)OC(c5cc(C)nc6c(C(F)(F)F)cccc56)C5CCCCN5C(=O)OC(C)(C)C)ccc4[C@H]3CC[C@@]21C.CC[NH+](CC)CC.Cc1cc(C(OC(=O)CCC(=O)O)C2CCCCN2C(=O)OC(C)(C)C)c2cccc(C(F)(F)F)c2n1. The highest BCUT2D eigenvalue weighted by atomic mass is 19.4. The van der Waals surface area contributed by atoms with Crippen molar-refractivity contribution in [1.82, 2.24) is 19.8 Å². The number of ether oxygens (including phenoxy) is 5. The number of fused-ring (bicyclic) bond motifs is 7. The van der Waals surface area contributed by atoms with Crippen LogP contribution in [0.15, 0.2) is 66.7 Å². The minimum absolute atomic E-state index is 0.131. The second kappa shape index (κ2) is 32.7. The number of esters is 3. The largest absolute Gasteiger partial charge is 0.481 e. The molecule has 4 unspecified atom stereocenters. The van der Waals surface area contributed by atoms with Gasteiger partial charge in [0.15, 0.2) is 0 Å². The van der Waals surface area contributed by atoms with E-state index in [4.69, 9.17) is 35.2 Å². The molecule has 102 heavy (non-hydrogen) atoms. The number of nitrogens with zero attached hydrogens (tertiary/aromatic N) is 4. The lowest BCUT2D eigenvalue weighted by molar-refractivity contribution is -0.894. The number of terminal acetylenes is 1. The van der Waals surface area contributed by atoms with Crippen LogP contribution in [0.1, 0.15) is 228 Å². The standard InChI is InChI=1S/C46H53F3N2O7.C26H31F3N2O6.C6H15N/c1-7-45(55)23-21-35-32-16-14-28-26-29(15-17-30(28)31(32)20-22-44(35,45)6)56-38(52)18-19-39(53)57-41(37-13-8-9-24-51(37)42(54)58-43(3,4)5)34-25-27(2)50-40-33(34)11-10-12-36(40)46(47,48)49;1-15-14-17(16-8-7-9-18(22(16)30-15)26(27,28)29)23(36-21(34)12-11-20(32)33)19-10-5-6-13-31(19)24(35)37-25(2,3)4;1-4-7(5-2)6-3/h1,10-12,15,17,25-26,31-32,35,37,41,55H,8-9,13-14,16,18-24H2,2-6H3;7-9,14,19,23H,5-6,10-13H2,1-4H3,(H,32,33);4-6H2,1-3H3/p+1/t31-,32-,35+,37?,41?,44+,45+;;/m1../s1. The Morgan fingerprint density at radius 3 is 1.54 bits per heavy atom. The van der Waals surface area contributed by atoms with Crippen LogP contribution in [0.3, 0.4) is 0 Å². The fourth-order valence-corrected chi connectivity index (χ4v) is 15.7. The fraction of sp³-hybridized carbons (Fsp3) is 0.590. The molecular weight excluding hydrogens is 1330 g/mol. The van der Waals surface area contributed by atoms with Crippen LogP contribution in [-0.4, -0.2) is 128 Å². The lowest BCUT2D eigenvalue weighted by Crippen LogP contribution is -3.11. The summed E-state index contributed by atoms with van der Waals surface area (Å²) in [6, 6.07) is 14.7. The van der Waals surface area contributed by atoms with Crippen molar-refractivity contribution < 1.29 is 93.9 Å². The Morgan fingerprint density at radius 1 is 0.637 bits per heavy atom. The molecule has 24 heteroatoms. The highest BCUT2D eigenvalue weighted by Crippen LogP contribution is 2.64. The Bertz CT molecular complexity index is 3890. The van der Waals surface area contributed by atoms with E-state index in [1.807, 2.05) is 12.1 Å². The summed E-state index contributed by atoms with van der Waals surface area (Å²) >= 11 is 0. The van der Waals surface area contributed by atoms with Crippen molar-refractivity contribution in [2.45, 2.75) is 245 Å². The number of pyridine rings is 2. The van der Waals surface area contributed by atoms with Gasteiger partial charge in [-0.05, 0) is 218 Å². The smallest absolute Gasteiger partial charge is 0.418 e. The third-order valence-corrected chi connectivity index (χ3v) is 20.7. The molecule has 9 atom stereocenters. The molecule has 3 aliphatic carbocycles. The Hall–Kier alpha value is -8.04. The normalized spacial score (nSPS) is 22.6. The molecule has 10 rings (SSSR count). The first-order chi connectivity index (χ1) is 47.8. The van der Waals surface area contributed by atoms with E-state index in [2.05, 4.69) is 43.6 Å². The number of benzene rings is 3. The number of quaternary nitrogens is 1. The Labute approximate surface area is 593 Å². The second-order valence-electron chi connectivity index (χ2n) is 29.9. The number of aliphatic hydroxyl groups is 1. The van der Waals surface area contributed by atoms with E-state index < -0.39 is 113 Å². The van der Waals surface area contributed by atoms with E-state index in [9.17, 15) is 60.2 Å². The predicted octanol–water partition coefficient (Wildman–Crippen LogP) is 15.3. The van der Waals surface area contributed by atoms with E-state index in [1.165, 1.54) is 66.2 Å². The number of carboxylic acids is 1. The summed E-state index contributed by atoms with van der Waals surface area (Å²) in [6.07, 6.45) is -0.133. The number of aliphatic carboxylic acids is 1. The molecule has 2 aliphatic heterocycles. The Kier molecular flexibility index (Phi) is 25.6. The lowest BCUT2D eigenvalue weighted by Gasteiger charge is -2.52. The van der Waals surface area contributed by atoms with E-state index in [0.29, 0.717) is 81.5 Å². The number of halogens is 6. The number of likely N-dealkylation sites (tertiary alicyclic amines) is 2. The van der Waals surface area contributed by atoms with Gasteiger partial charge in [-0.15, -0.1) is 6.42 Å². The summed E-state index contributed by atoms with van der Waals surface area (Å²) < 4.78 is 113. The van der Waals surface area contributed by atoms with Gasteiger partial charge in [0.2, 0.25) is 0 Å². The topological polar surface area (TPSA) is 226 Å². The zero-order chi connectivity index (χ0) is 75.0. The summed E-state index contributed by atoms with van der Waals surface area (Å²) in [7, 11) is 0. The summed E-state index contributed by atoms with van der Waals surface area (Å²) in [5.41, 5.74) is -1.97. The van der Waals surface area contributed by atoms with Gasteiger partial charge in [-0.25, -0.2) is 9.59 Å². The molecule has 4 fully saturated rings. The molecule has 0 radical (unpaired) electrons. The number of aryl methyl sites for hydroxylation is 3. The van der Waals surface area contributed by atoms with E-state index in [0.717, 1.165) is 49.8 Å². The highest BCUT2D eigenvalue weighted by Gasteiger charge is 2.61. The summed E-state index contributed by atoms with van der Waals surface area (Å²) in [4.78, 5) is 90.2. The molecule has 2 saturated heterocycles. The maximum absolute atomic E-state index is 14.2. The van der Waals surface area contributed by atoms with Crippen molar-refractivity contribution in [2.24, 2.45) is 17.3 Å². The van der Waals surface area contributed by atoms with Crippen LogP contribution < -0.4 is 9.64 Å². The van der Waals surface area contributed by atoms with Crippen molar-refractivity contribution >= 4 is 57.9 Å². The van der Waals surface area contributed by atoms with Crippen LogP contribution >= 0.6 is 0 Å². The Morgan fingerprint density at radius 2 is 1.11 bits per heavy atom. The molecule has 4 heterocycles. The predicted molar refractivity (Wildman–Crippen MR) is 371 cm³/mol. The third-order valence-electron chi connectivity index (χ3n) is 20.7. The van der Waals surface area contributed by atoms with Gasteiger partial charge in [-0.2, -0.15) is 26.3 Å². The lowest BCUT2D eigenvalue weighted by atomic mass is 9.53. The summed E-state index contributed by atoms with van der Waals surface area (Å²) in [5, 5.41) is 20.5. The van der Waals surface area contributed by atoms with Crippen LogP contribution in [0, 0.1) is 43.4 Å². The molecule has 2 saturated carbocycles. The van der Waals surface area contributed by atoms with Gasteiger partial charge in [0.05, 0.1) is 79.6 Å². The molecule has 0 bridgehead atoms. The highest BCUT2D eigenvalue weighted by molar-refractivity contribution is 5.88. The first kappa shape index (κ1) is 79.7. The maximum Gasteiger partial charge on any atom is 0.418 e. The average Bonchev–Trinajstić information content (AvgIpc) is 1.53. The minimum Gasteiger partial charge on any atom is -0.481 e. The number of piperidine rings is 2. The molecule has 5 aliphatic rings. The van der Waals surface area contributed by atoms with Gasteiger partial charge in [0.1, 0.15) is 34.8 Å². The van der Waals surface area contributed by atoms with Gasteiger partial charge in [-0.1, -0.05) is 43.2 Å². The molecule has 556 valence electrons. The van der Waals surface area contributed by atoms with Crippen molar-refractivity contribution in [3.8, 4) is 18.1 Å². The molecule has 3 aromatic carbocycles. The van der Waals surface area contributed by atoms with Gasteiger partial charge < -0.3 is 48.6 Å².